The number of hydrogen-bond donors (Lipinski definition) is 2. The highest BCUT2D eigenvalue weighted by atomic mass is 16.5. The lowest BCUT2D eigenvalue weighted by Gasteiger charge is -2.28. The van der Waals surface area contributed by atoms with Crippen molar-refractivity contribution >= 4 is 29.0 Å². The Labute approximate surface area is 189 Å². The van der Waals surface area contributed by atoms with Crippen LogP contribution in [0.2, 0.25) is 0 Å². The predicted molar refractivity (Wildman–Crippen MR) is 122 cm³/mol. The van der Waals surface area contributed by atoms with Gasteiger partial charge in [0.15, 0.2) is 11.5 Å². The zero-order valence-corrected chi connectivity index (χ0v) is 17.9. The second kappa shape index (κ2) is 9.13. The van der Waals surface area contributed by atoms with Crippen LogP contribution in [0.15, 0.2) is 63.7 Å². The van der Waals surface area contributed by atoms with Crippen molar-refractivity contribution in [3.8, 4) is 11.5 Å². The zero-order valence-electron chi connectivity index (χ0n) is 17.9. The van der Waals surface area contributed by atoms with Gasteiger partial charge in [0.05, 0.1) is 19.5 Å². The quantitative estimate of drug-likeness (QED) is 0.455. The minimum Gasteiger partial charge on any atom is -0.461 e. The number of morpholine rings is 1. The Morgan fingerprint density at radius 2 is 1.79 bits per heavy atom. The number of furan rings is 1. The van der Waals surface area contributed by atoms with Crippen LogP contribution in [0.25, 0.3) is 11.5 Å². The molecule has 3 aromatic heterocycles. The summed E-state index contributed by atoms with van der Waals surface area (Å²) in [4.78, 5) is 23.8. The van der Waals surface area contributed by atoms with E-state index in [4.69, 9.17) is 13.7 Å². The van der Waals surface area contributed by atoms with Crippen LogP contribution in [-0.4, -0.2) is 47.3 Å². The molecule has 1 saturated heterocycles. The van der Waals surface area contributed by atoms with E-state index in [-0.39, 0.29) is 11.6 Å². The maximum absolute atomic E-state index is 12.5. The molecule has 0 radical (unpaired) electrons. The summed E-state index contributed by atoms with van der Waals surface area (Å²) in [7, 11) is 0. The van der Waals surface area contributed by atoms with E-state index in [1.165, 1.54) is 12.3 Å². The largest absolute Gasteiger partial charge is 0.461 e. The van der Waals surface area contributed by atoms with E-state index in [0.717, 1.165) is 30.3 Å². The Balaban J connectivity index is 1.24. The first-order chi connectivity index (χ1) is 16.1. The maximum Gasteiger partial charge on any atom is 0.277 e. The smallest absolute Gasteiger partial charge is 0.277 e. The van der Waals surface area contributed by atoms with Crippen molar-refractivity contribution in [2.45, 2.75) is 6.92 Å². The molecule has 1 amide bonds. The summed E-state index contributed by atoms with van der Waals surface area (Å²) in [6.07, 6.45) is 1.53. The molecule has 0 spiro atoms. The van der Waals surface area contributed by atoms with Gasteiger partial charge in [-0.15, -0.1) is 0 Å². The number of aryl methyl sites for hydroxylation is 1. The number of aromatic nitrogens is 3. The van der Waals surface area contributed by atoms with E-state index >= 15 is 0 Å². The van der Waals surface area contributed by atoms with E-state index in [0.29, 0.717) is 36.4 Å². The molecule has 10 heteroatoms. The molecule has 2 N–H and O–H groups in total. The van der Waals surface area contributed by atoms with Crippen LogP contribution in [0.4, 0.5) is 23.1 Å². The van der Waals surface area contributed by atoms with Gasteiger partial charge in [-0.25, -0.2) is 4.98 Å². The molecule has 1 aromatic carbocycles. The Hall–Kier alpha value is -4.18. The standard InChI is InChI=1S/C23H22N6O4/c1-15-13-21(29-8-11-31-12-9-29)27-23(24-15)26-17-6-4-16(5-7-17)25-22(30)18-14-20(33-28-18)19-3-2-10-32-19/h2-7,10,13-14H,8-9,11-12H2,1H3,(H,25,30)(H,24,26,27). The van der Waals surface area contributed by atoms with Crippen LogP contribution >= 0.6 is 0 Å². The first kappa shape index (κ1) is 20.7. The molecule has 0 saturated carbocycles. The van der Waals surface area contributed by atoms with Crippen LogP contribution in [0.5, 0.6) is 0 Å². The van der Waals surface area contributed by atoms with Gasteiger partial charge in [0.1, 0.15) is 5.82 Å². The SMILES string of the molecule is Cc1cc(N2CCOCC2)nc(Nc2ccc(NC(=O)c3cc(-c4ccco4)on3)cc2)n1. The van der Waals surface area contributed by atoms with E-state index in [2.05, 4.69) is 30.7 Å². The number of nitrogens with one attached hydrogen (secondary N) is 2. The molecule has 10 nitrogen and oxygen atoms in total. The number of rotatable bonds is 6. The monoisotopic (exact) mass is 446 g/mol. The van der Waals surface area contributed by atoms with Gasteiger partial charge >= 0.3 is 0 Å². The number of carbonyl (C=O) groups excluding carboxylic acids is 1. The third kappa shape index (κ3) is 4.85. The normalized spacial score (nSPS) is 13.7. The molecule has 0 atom stereocenters. The fourth-order valence-electron chi connectivity index (χ4n) is 3.44. The lowest BCUT2D eigenvalue weighted by atomic mass is 10.2. The van der Waals surface area contributed by atoms with Gasteiger partial charge in [-0.3, -0.25) is 4.79 Å². The third-order valence-corrected chi connectivity index (χ3v) is 5.08. The Bertz CT molecular complexity index is 1230. The highest BCUT2D eigenvalue weighted by Crippen LogP contribution is 2.23. The van der Waals surface area contributed by atoms with Crippen LogP contribution in [0.3, 0.4) is 0 Å². The average Bonchev–Trinajstić information content (AvgIpc) is 3.53. The number of benzene rings is 1. The molecule has 168 valence electrons. The average molecular weight is 446 g/mol. The Kier molecular flexibility index (Phi) is 5.73. The molecule has 4 aromatic rings. The third-order valence-electron chi connectivity index (χ3n) is 5.08. The van der Waals surface area contributed by atoms with E-state index in [1.807, 2.05) is 25.1 Å². The second-order valence-corrected chi connectivity index (χ2v) is 7.50. The lowest BCUT2D eigenvalue weighted by molar-refractivity contribution is 0.101. The first-order valence-electron chi connectivity index (χ1n) is 10.5. The molecule has 5 rings (SSSR count). The number of anilines is 4. The lowest BCUT2D eigenvalue weighted by Crippen LogP contribution is -2.36. The summed E-state index contributed by atoms with van der Waals surface area (Å²) in [6.45, 7) is 4.93. The molecule has 0 aliphatic carbocycles. The number of ether oxygens (including phenoxy) is 1. The molecular weight excluding hydrogens is 424 g/mol. The van der Waals surface area contributed by atoms with Gasteiger partial charge in [-0.05, 0) is 43.3 Å². The van der Waals surface area contributed by atoms with Gasteiger partial charge in [0, 0.05) is 42.3 Å². The highest BCUT2D eigenvalue weighted by Gasteiger charge is 2.16. The van der Waals surface area contributed by atoms with Crippen LogP contribution < -0.4 is 15.5 Å². The van der Waals surface area contributed by atoms with E-state index < -0.39 is 0 Å². The summed E-state index contributed by atoms with van der Waals surface area (Å²) in [5.41, 5.74) is 2.45. The van der Waals surface area contributed by atoms with Gasteiger partial charge in [0.2, 0.25) is 11.7 Å². The van der Waals surface area contributed by atoms with Crippen molar-refractivity contribution in [2.75, 3.05) is 41.8 Å². The molecular formula is C23H22N6O4. The summed E-state index contributed by atoms with van der Waals surface area (Å²) >= 11 is 0. The topological polar surface area (TPSA) is 119 Å². The van der Waals surface area contributed by atoms with Gasteiger partial charge in [0.25, 0.3) is 5.91 Å². The number of nitrogens with zero attached hydrogens (tertiary/aromatic N) is 4. The summed E-state index contributed by atoms with van der Waals surface area (Å²) in [5, 5.41) is 9.83. The zero-order chi connectivity index (χ0) is 22.6. The molecule has 0 bridgehead atoms. The van der Waals surface area contributed by atoms with Gasteiger partial charge in [-0.1, -0.05) is 5.16 Å². The molecule has 1 aliphatic rings. The molecule has 4 heterocycles. The fourth-order valence-corrected chi connectivity index (χ4v) is 3.44. The summed E-state index contributed by atoms with van der Waals surface area (Å²) < 4.78 is 15.8. The first-order valence-corrected chi connectivity index (χ1v) is 10.5. The van der Waals surface area contributed by atoms with E-state index in [9.17, 15) is 4.79 Å². The number of carbonyl (C=O) groups is 1. The minimum atomic E-state index is -0.380. The summed E-state index contributed by atoms with van der Waals surface area (Å²) in [6, 6.07) is 14.2. The van der Waals surface area contributed by atoms with Crippen molar-refractivity contribution in [1.82, 2.24) is 15.1 Å². The highest BCUT2D eigenvalue weighted by molar-refractivity contribution is 6.03. The van der Waals surface area contributed by atoms with Crippen molar-refractivity contribution in [2.24, 2.45) is 0 Å². The van der Waals surface area contributed by atoms with Crippen LogP contribution in [0.1, 0.15) is 16.2 Å². The predicted octanol–water partition coefficient (Wildman–Crippen LogP) is 3.87. The Morgan fingerprint density at radius 3 is 2.55 bits per heavy atom. The minimum absolute atomic E-state index is 0.160. The molecule has 0 unspecified atom stereocenters. The second-order valence-electron chi connectivity index (χ2n) is 7.50. The maximum atomic E-state index is 12.5. The van der Waals surface area contributed by atoms with Gasteiger partial charge < -0.3 is 29.2 Å². The van der Waals surface area contributed by atoms with E-state index in [1.54, 1.807) is 24.3 Å². The van der Waals surface area contributed by atoms with Crippen molar-refractivity contribution in [3.63, 3.8) is 0 Å². The number of hydrogen-bond acceptors (Lipinski definition) is 9. The molecule has 1 aliphatic heterocycles. The van der Waals surface area contributed by atoms with Crippen molar-refractivity contribution in [1.29, 1.82) is 0 Å². The molecule has 1 fully saturated rings. The van der Waals surface area contributed by atoms with Crippen LogP contribution in [0, 0.1) is 6.92 Å². The molecule has 33 heavy (non-hydrogen) atoms. The van der Waals surface area contributed by atoms with Crippen LogP contribution in [-0.2, 0) is 4.74 Å². The summed E-state index contributed by atoms with van der Waals surface area (Å²) in [5.74, 6) is 1.90. The van der Waals surface area contributed by atoms with Crippen molar-refractivity contribution < 1.29 is 18.5 Å². The van der Waals surface area contributed by atoms with Gasteiger partial charge in [-0.2, -0.15) is 4.98 Å². The Morgan fingerprint density at radius 1 is 1.00 bits per heavy atom. The van der Waals surface area contributed by atoms with Crippen molar-refractivity contribution in [3.05, 3.63) is 66.2 Å². The fraction of sp³-hybridized carbons (Fsp3) is 0.217. The number of amides is 1.